The van der Waals surface area contributed by atoms with Gasteiger partial charge in [0.15, 0.2) is 5.13 Å². The summed E-state index contributed by atoms with van der Waals surface area (Å²) < 4.78 is 11.7. The number of amides is 1. The normalized spacial score (nSPS) is 16.4. The second-order valence-electron chi connectivity index (χ2n) is 9.56. The van der Waals surface area contributed by atoms with Crippen LogP contribution in [0.5, 0.6) is 11.5 Å². The number of ketones is 1. The highest BCUT2D eigenvalue weighted by Crippen LogP contribution is 2.43. The minimum Gasteiger partial charge on any atom is -0.507 e. The number of thiazole rings is 1. The van der Waals surface area contributed by atoms with Crippen molar-refractivity contribution >= 4 is 33.9 Å². The topological polar surface area (TPSA) is 89.0 Å². The highest BCUT2D eigenvalue weighted by Gasteiger charge is 2.48. The number of aliphatic hydroxyl groups is 1. The summed E-state index contributed by atoms with van der Waals surface area (Å²) >= 11 is 1.25. The van der Waals surface area contributed by atoms with Crippen molar-refractivity contribution in [3.05, 3.63) is 112 Å². The zero-order valence-electron chi connectivity index (χ0n) is 22.4. The average Bonchev–Trinajstić information content (AvgIpc) is 3.59. The molecule has 2 heterocycles. The number of rotatable bonds is 10. The van der Waals surface area contributed by atoms with Gasteiger partial charge in [0.25, 0.3) is 5.78 Å². The Morgan fingerprint density at radius 3 is 2.40 bits per heavy atom. The van der Waals surface area contributed by atoms with Gasteiger partial charge in [-0.15, -0.1) is 11.3 Å². The molecule has 1 fully saturated rings. The summed E-state index contributed by atoms with van der Waals surface area (Å²) in [6.45, 7) is 5.14. The highest BCUT2D eigenvalue weighted by molar-refractivity contribution is 7.14. The third-order valence-electron chi connectivity index (χ3n) is 6.65. The van der Waals surface area contributed by atoms with E-state index in [0.29, 0.717) is 41.0 Å². The molecule has 0 spiro atoms. The molecule has 0 saturated carbocycles. The van der Waals surface area contributed by atoms with Gasteiger partial charge in [-0.3, -0.25) is 14.5 Å². The Labute approximate surface area is 237 Å². The molecule has 1 aliphatic heterocycles. The van der Waals surface area contributed by atoms with Gasteiger partial charge in [-0.25, -0.2) is 4.98 Å². The van der Waals surface area contributed by atoms with Crippen LogP contribution >= 0.6 is 11.3 Å². The fraction of sp³-hybridized carbons (Fsp3) is 0.219. The Bertz CT molecular complexity index is 1510. The van der Waals surface area contributed by atoms with Gasteiger partial charge in [-0.05, 0) is 60.9 Å². The lowest BCUT2D eigenvalue weighted by atomic mass is 9.95. The average molecular weight is 555 g/mol. The number of hydrogen-bond acceptors (Lipinski definition) is 7. The van der Waals surface area contributed by atoms with Crippen molar-refractivity contribution in [3.8, 4) is 11.5 Å². The SMILES string of the molecule is CCCCOc1ccc(C2/C(=C(\O)c3ccc(OCc4cccc(C)c4)cc3)C(=O)C(=O)N2c2nccs2)cc1. The predicted molar refractivity (Wildman–Crippen MR) is 156 cm³/mol. The Morgan fingerprint density at radius 2 is 1.73 bits per heavy atom. The van der Waals surface area contributed by atoms with E-state index in [4.69, 9.17) is 9.47 Å². The maximum absolute atomic E-state index is 13.3. The van der Waals surface area contributed by atoms with Gasteiger partial charge in [0, 0.05) is 17.1 Å². The first-order chi connectivity index (χ1) is 19.5. The number of carbonyl (C=O) groups is 2. The Morgan fingerprint density at radius 1 is 1.00 bits per heavy atom. The van der Waals surface area contributed by atoms with E-state index in [0.717, 1.165) is 24.0 Å². The summed E-state index contributed by atoms with van der Waals surface area (Å²) in [7, 11) is 0. The largest absolute Gasteiger partial charge is 0.507 e. The number of hydrogen-bond donors (Lipinski definition) is 1. The first-order valence-electron chi connectivity index (χ1n) is 13.2. The molecule has 0 bridgehead atoms. The number of aryl methyl sites for hydroxylation is 1. The third-order valence-corrected chi connectivity index (χ3v) is 7.42. The van der Waals surface area contributed by atoms with Crippen LogP contribution in [0.15, 0.2) is 89.9 Å². The lowest BCUT2D eigenvalue weighted by Crippen LogP contribution is -2.29. The van der Waals surface area contributed by atoms with Crippen LogP contribution in [0.1, 0.15) is 48.1 Å². The minimum absolute atomic E-state index is 0.00767. The summed E-state index contributed by atoms with van der Waals surface area (Å²) in [5, 5.41) is 13.5. The van der Waals surface area contributed by atoms with Crippen LogP contribution in [-0.2, 0) is 16.2 Å². The van der Waals surface area contributed by atoms with Gasteiger partial charge >= 0.3 is 5.91 Å². The van der Waals surface area contributed by atoms with E-state index in [1.165, 1.54) is 16.2 Å². The molecule has 4 aromatic rings. The van der Waals surface area contributed by atoms with E-state index >= 15 is 0 Å². The second kappa shape index (κ2) is 12.2. The van der Waals surface area contributed by atoms with Crippen molar-refractivity contribution in [2.75, 3.05) is 11.5 Å². The van der Waals surface area contributed by atoms with Crippen molar-refractivity contribution in [1.29, 1.82) is 0 Å². The number of ether oxygens (including phenoxy) is 2. The molecule has 1 aromatic heterocycles. The standard InChI is InChI=1S/C32H30N2O5S/c1-3-4-17-38-25-12-8-23(9-13-25)28-27(30(36)31(37)34(28)32-33-16-18-40-32)29(35)24-10-14-26(15-11-24)39-20-22-7-5-6-21(2)19-22/h5-16,18-19,28,35H,3-4,17,20H2,1-2H3/b29-27+. The van der Waals surface area contributed by atoms with Crippen LogP contribution in [-0.4, -0.2) is 28.4 Å². The van der Waals surface area contributed by atoms with E-state index in [1.54, 1.807) is 35.8 Å². The predicted octanol–water partition coefficient (Wildman–Crippen LogP) is 6.84. The maximum Gasteiger partial charge on any atom is 0.301 e. The number of benzene rings is 3. The van der Waals surface area contributed by atoms with E-state index in [9.17, 15) is 14.7 Å². The van der Waals surface area contributed by atoms with Crippen LogP contribution in [0, 0.1) is 6.92 Å². The fourth-order valence-corrected chi connectivity index (χ4v) is 5.26. The monoisotopic (exact) mass is 554 g/mol. The number of Topliss-reactive ketones (excluding diaryl/α,β-unsaturated/α-hetero) is 1. The quantitative estimate of drug-likeness (QED) is 0.1000. The summed E-state index contributed by atoms with van der Waals surface area (Å²) in [5.41, 5.74) is 3.29. The summed E-state index contributed by atoms with van der Waals surface area (Å²) in [5.74, 6) is -0.430. The molecular weight excluding hydrogens is 524 g/mol. The number of carbonyl (C=O) groups excluding carboxylic acids is 2. The van der Waals surface area contributed by atoms with Gasteiger partial charge in [0.05, 0.1) is 18.2 Å². The molecule has 1 amide bonds. The van der Waals surface area contributed by atoms with Crippen molar-refractivity contribution in [2.45, 2.75) is 39.3 Å². The lowest BCUT2D eigenvalue weighted by Gasteiger charge is -2.23. The molecule has 7 nitrogen and oxygen atoms in total. The van der Waals surface area contributed by atoms with E-state index < -0.39 is 17.7 Å². The number of aromatic nitrogens is 1. The van der Waals surface area contributed by atoms with Gasteiger partial charge in [0.1, 0.15) is 23.9 Å². The fourth-order valence-electron chi connectivity index (χ4n) is 4.59. The third kappa shape index (κ3) is 5.77. The Hall–Kier alpha value is -4.43. The molecule has 8 heteroatoms. The second-order valence-corrected chi connectivity index (χ2v) is 10.4. The van der Waals surface area contributed by atoms with Crippen molar-refractivity contribution < 1.29 is 24.2 Å². The number of anilines is 1. The van der Waals surface area contributed by atoms with Gasteiger partial charge in [-0.1, -0.05) is 55.3 Å². The smallest absolute Gasteiger partial charge is 0.301 e. The first-order valence-corrected chi connectivity index (χ1v) is 14.1. The molecule has 0 radical (unpaired) electrons. The minimum atomic E-state index is -0.840. The summed E-state index contributed by atoms with van der Waals surface area (Å²) in [6.07, 6.45) is 3.55. The number of aliphatic hydroxyl groups excluding tert-OH is 1. The molecule has 1 atom stereocenters. The molecule has 3 aromatic carbocycles. The van der Waals surface area contributed by atoms with Crippen LogP contribution in [0.2, 0.25) is 0 Å². The summed E-state index contributed by atoms with van der Waals surface area (Å²) in [6, 6.07) is 21.3. The molecule has 204 valence electrons. The molecule has 0 aliphatic carbocycles. The van der Waals surface area contributed by atoms with E-state index in [-0.39, 0.29) is 11.3 Å². The zero-order chi connectivity index (χ0) is 28.1. The molecule has 1 saturated heterocycles. The van der Waals surface area contributed by atoms with Gasteiger partial charge in [0.2, 0.25) is 0 Å². The zero-order valence-corrected chi connectivity index (χ0v) is 23.2. The van der Waals surface area contributed by atoms with Crippen LogP contribution < -0.4 is 14.4 Å². The van der Waals surface area contributed by atoms with Crippen molar-refractivity contribution in [1.82, 2.24) is 4.98 Å². The first kappa shape index (κ1) is 27.1. The number of nitrogens with zero attached hydrogens (tertiary/aromatic N) is 2. The van der Waals surface area contributed by atoms with E-state index in [1.807, 2.05) is 49.4 Å². The van der Waals surface area contributed by atoms with Crippen LogP contribution in [0.25, 0.3) is 5.76 Å². The van der Waals surface area contributed by atoms with Crippen molar-refractivity contribution in [2.24, 2.45) is 0 Å². The Balaban J connectivity index is 1.45. The Kier molecular flexibility index (Phi) is 8.26. The molecule has 1 unspecified atom stereocenters. The van der Waals surface area contributed by atoms with Crippen molar-refractivity contribution in [3.63, 3.8) is 0 Å². The molecule has 40 heavy (non-hydrogen) atoms. The lowest BCUT2D eigenvalue weighted by molar-refractivity contribution is -0.132. The van der Waals surface area contributed by atoms with E-state index in [2.05, 4.69) is 18.0 Å². The highest BCUT2D eigenvalue weighted by atomic mass is 32.1. The number of unbranched alkanes of at least 4 members (excludes halogenated alkanes) is 1. The molecule has 5 rings (SSSR count). The van der Waals surface area contributed by atoms with Gasteiger partial charge < -0.3 is 14.6 Å². The van der Waals surface area contributed by atoms with Gasteiger partial charge in [-0.2, -0.15) is 0 Å². The molecule has 1 aliphatic rings. The maximum atomic E-state index is 13.3. The molecular formula is C32H30N2O5S. The summed E-state index contributed by atoms with van der Waals surface area (Å²) in [4.78, 5) is 32.2. The van der Waals surface area contributed by atoms with Crippen LogP contribution in [0.3, 0.4) is 0 Å². The van der Waals surface area contributed by atoms with Crippen LogP contribution in [0.4, 0.5) is 5.13 Å². The molecule has 1 N–H and O–H groups in total.